The molecule has 0 spiro atoms. The minimum Gasteiger partial charge on any atom is -0.478 e. The highest BCUT2D eigenvalue weighted by atomic mass is 19.1. The summed E-state index contributed by atoms with van der Waals surface area (Å²) < 4.78 is 21.2. The third-order valence-electron chi connectivity index (χ3n) is 8.91. The van der Waals surface area contributed by atoms with Gasteiger partial charge in [0.15, 0.2) is 5.78 Å². The highest BCUT2D eigenvalue weighted by molar-refractivity contribution is 5.92. The zero-order chi connectivity index (χ0) is 22.8. The van der Waals surface area contributed by atoms with Gasteiger partial charge in [-0.15, -0.1) is 0 Å². The number of ether oxygens (including phenoxy) is 1. The predicted octanol–water partition coefficient (Wildman–Crippen LogP) is 4.80. The number of rotatable bonds is 4. The molecule has 0 amide bonds. The molecule has 0 aromatic heterocycles. The van der Waals surface area contributed by atoms with Crippen molar-refractivity contribution in [3.05, 3.63) is 23.3 Å². The summed E-state index contributed by atoms with van der Waals surface area (Å²) in [5.41, 5.74) is -1.18. The molecule has 6 heteroatoms. The van der Waals surface area contributed by atoms with E-state index in [4.69, 9.17) is 4.74 Å². The Morgan fingerprint density at radius 1 is 1.26 bits per heavy atom. The fourth-order valence-corrected chi connectivity index (χ4v) is 7.34. The van der Waals surface area contributed by atoms with Crippen molar-refractivity contribution >= 4 is 17.7 Å². The zero-order valence-electron chi connectivity index (χ0n) is 18.9. The Bertz CT molecular complexity index is 890. The first-order valence-electron chi connectivity index (χ1n) is 11.6. The molecule has 0 aromatic carbocycles. The summed E-state index contributed by atoms with van der Waals surface area (Å²) in [4.78, 5) is 37.1. The summed E-state index contributed by atoms with van der Waals surface area (Å²) in [5, 5.41) is 10.4. The number of hydrogen-bond donors (Lipinski definition) is 1. The fraction of sp³-hybridized carbons (Fsp3) is 0.720. The summed E-state index contributed by atoms with van der Waals surface area (Å²) in [6.45, 7) is 7.64. The summed E-state index contributed by atoms with van der Waals surface area (Å²) >= 11 is 0. The number of carbonyl (C=O) groups is 3. The Morgan fingerprint density at radius 3 is 2.61 bits per heavy atom. The molecule has 0 bridgehead atoms. The van der Waals surface area contributed by atoms with Crippen molar-refractivity contribution in [3.8, 4) is 0 Å². The van der Waals surface area contributed by atoms with Crippen molar-refractivity contribution in [2.24, 2.45) is 28.6 Å². The molecule has 0 aliphatic heterocycles. The minimum absolute atomic E-state index is 0.0166. The maximum atomic E-state index is 15.4. The van der Waals surface area contributed by atoms with Gasteiger partial charge in [0.1, 0.15) is 6.17 Å². The smallest absolute Gasteiger partial charge is 0.349 e. The third-order valence-corrected chi connectivity index (χ3v) is 8.91. The van der Waals surface area contributed by atoms with E-state index in [1.807, 2.05) is 27.7 Å². The number of esters is 1. The molecule has 5 nitrogen and oxygen atoms in total. The summed E-state index contributed by atoms with van der Waals surface area (Å²) in [5.74, 6) is -2.18. The molecule has 4 aliphatic carbocycles. The van der Waals surface area contributed by atoms with Crippen LogP contribution >= 0.6 is 0 Å². The average Bonchev–Trinajstić information content (AvgIpc) is 2.92. The lowest BCUT2D eigenvalue weighted by molar-refractivity contribution is -0.201. The van der Waals surface area contributed by atoms with Gasteiger partial charge in [0.05, 0.1) is 0 Å². The largest absolute Gasteiger partial charge is 0.478 e. The Balaban J connectivity index is 1.79. The number of ketones is 1. The van der Waals surface area contributed by atoms with Gasteiger partial charge in [-0.2, -0.15) is 0 Å². The maximum Gasteiger partial charge on any atom is 0.349 e. The van der Waals surface area contributed by atoms with Crippen LogP contribution in [-0.2, 0) is 19.1 Å². The van der Waals surface area contributed by atoms with Crippen molar-refractivity contribution in [2.75, 3.05) is 0 Å². The van der Waals surface area contributed by atoms with Gasteiger partial charge in [0.2, 0.25) is 5.60 Å². The van der Waals surface area contributed by atoms with Crippen molar-refractivity contribution < 1.29 is 28.6 Å². The van der Waals surface area contributed by atoms with E-state index in [1.54, 1.807) is 0 Å². The number of hydrogen-bond acceptors (Lipinski definition) is 4. The third kappa shape index (κ3) is 2.89. The molecule has 0 aromatic rings. The van der Waals surface area contributed by atoms with E-state index in [-0.39, 0.29) is 36.4 Å². The van der Waals surface area contributed by atoms with E-state index >= 15 is 4.39 Å². The van der Waals surface area contributed by atoms with Crippen LogP contribution in [0.25, 0.3) is 0 Å². The number of carbonyl (C=O) groups excluding carboxylic acids is 2. The molecule has 2 fully saturated rings. The van der Waals surface area contributed by atoms with E-state index in [1.165, 1.54) is 6.08 Å². The molecule has 170 valence electrons. The Morgan fingerprint density at radius 2 is 1.97 bits per heavy atom. The Labute approximate surface area is 183 Å². The van der Waals surface area contributed by atoms with Crippen LogP contribution in [-0.4, -0.2) is 34.6 Å². The topological polar surface area (TPSA) is 80.7 Å². The predicted molar refractivity (Wildman–Crippen MR) is 113 cm³/mol. The molecule has 31 heavy (non-hydrogen) atoms. The fourth-order valence-electron chi connectivity index (χ4n) is 7.34. The second-order valence-electron chi connectivity index (χ2n) is 10.5. The van der Waals surface area contributed by atoms with Crippen LogP contribution in [0.1, 0.15) is 72.6 Å². The molecule has 4 rings (SSSR count). The molecule has 4 aliphatic rings. The Hall–Kier alpha value is -1.98. The van der Waals surface area contributed by atoms with Gasteiger partial charge in [0, 0.05) is 29.6 Å². The van der Waals surface area contributed by atoms with Crippen LogP contribution in [0.5, 0.6) is 0 Å². The lowest BCUT2D eigenvalue weighted by atomic mass is 9.50. The number of fused-ring (bicyclic) bond motifs is 5. The first kappa shape index (κ1) is 22.2. The first-order chi connectivity index (χ1) is 14.5. The lowest BCUT2D eigenvalue weighted by Gasteiger charge is -2.55. The summed E-state index contributed by atoms with van der Waals surface area (Å²) in [6, 6.07) is 0. The van der Waals surface area contributed by atoms with E-state index in [0.717, 1.165) is 5.57 Å². The maximum absolute atomic E-state index is 15.4. The van der Waals surface area contributed by atoms with E-state index in [9.17, 15) is 19.5 Å². The number of carboxylic acids is 1. The SMILES string of the molecule is CCCC(=O)O[C@]1(C(=O)O)[C@@H](C)C[C@H]2[C@@H]3C[C@H](F)C4=CC(=O)CC[C@]4(C)C3=CC[C@@]21C. The molecule has 0 heterocycles. The van der Waals surface area contributed by atoms with Crippen molar-refractivity contribution in [1.29, 1.82) is 0 Å². The minimum atomic E-state index is -1.61. The standard InChI is InChI=1S/C25H33FO5/c1-5-6-21(28)31-25(22(29)30)14(2)11-18-16-13-20(26)19-12-15(27)7-9-23(19,3)17(16)8-10-24(18,25)4/h8,12,14,16,18,20H,5-7,9-11,13H2,1-4H3,(H,29,30)/t14-,16+,18-,20-,23+,24-,25-/m0/s1. The van der Waals surface area contributed by atoms with Crippen molar-refractivity contribution in [2.45, 2.75) is 84.4 Å². The van der Waals surface area contributed by atoms with Gasteiger partial charge in [-0.05, 0) is 55.6 Å². The molecule has 2 saturated carbocycles. The van der Waals surface area contributed by atoms with Gasteiger partial charge in [-0.25, -0.2) is 9.18 Å². The highest BCUT2D eigenvalue weighted by Gasteiger charge is 2.71. The van der Waals surface area contributed by atoms with Crippen molar-refractivity contribution in [3.63, 3.8) is 0 Å². The molecule has 0 radical (unpaired) electrons. The van der Waals surface area contributed by atoms with Gasteiger partial charge < -0.3 is 9.84 Å². The van der Waals surface area contributed by atoms with Gasteiger partial charge in [0.25, 0.3) is 0 Å². The molecule has 7 atom stereocenters. The van der Waals surface area contributed by atoms with Crippen LogP contribution in [0, 0.1) is 28.6 Å². The van der Waals surface area contributed by atoms with E-state index in [0.29, 0.717) is 37.7 Å². The van der Waals surface area contributed by atoms with E-state index in [2.05, 4.69) is 6.08 Å². The average molecular weight is 433 g/mol. The quantitative estimate of drug-likeness (QED) is 0.510. The van der Waals surface area contributed by atoms with Gasteiger partial charge in [-0.1, -0.05) is 39.3 Å². The summed E-state index contributed by atoms with van der Waals surface area (Å²) in [6.07, 6.45) is 5.44. The molecular formula is C25H33FO5. The number of alkyl halides is 1. The lowest BCUT2D eigenvalue weighted by Crippen LogP contribution is -2.59. The second kappa shape index (κ2) is 7.28. The second-order valence-corrected chi connectivity index (χ2v) is 10.5. The van der Waals surface area contributed by atoms with Crippen LogP contribution < -0.4 is 0 Å². The van der Waals surface area contributed by atoms with Crippen molar-refractivity contribution in [1.82, 2.24) is 0 Å². The molecule has 0 unspecified atom stereocenters. The number of carboxylic acid groups (broad SMARTS) is 1. The van der Waals surface area contributed by atoms with E-state index < -0.39 is 34.5 Å². The molecular weight excluding hydrogens is 399 g/mol. The van der Waals surface area contributed by atoms with Crippen LogP contribution in [0.4, 0.5) is 4.39 Å². The Kier molecular flexibility index (Phi) is 5.22. The van der Waals surface area contributed by atoms with Crippen LogP contribution in [0.3, 0.4) is 0 Å². The normalized spacial score (nSPS) is 43.8. The monoisotopic (exact) mass is 432 g/mol. The number of allylic oxidation sites excluding steroid dienone is 4. The number of halogens is 1. The van der Waals surface area contributed by atoms with Crippen LogP contribution in [0.15, 0.2) is 23.3 Å². The molecule has 1 N–H and O–H groups in total. The van der Waals surface area contributed by atoms with Crippen LogP contribution in [0.2, 0.25) is 0 Å². The molecule has 0 saturated heterocycles. The number of aliphatic carboxylic acids is 1. The first-order valence-corrected chi connectivity index (χ1v) is 11.6. The zero-order valence-corrected chi connectivity index (χ0v) is 18.9. The van der Waals surface area contributed by atoms with Gasteiger partial charge >= 0.3 is 11.9 Å². The highest BCUT2D eigenvalue weighted by Crippen LogP contribution is 2.68. The van der Waals surface area contributed by atoms with Gasteiger partial charge in [-0.3, -0.25) is 9.59 Å². The summed E-state index contributed by atoms with van der Waals surface area (Å²) in [7, 11) is 0.